The molecule has 7 heteroatoms. The van der Waals surface area contributed by atoms with Crippen LogP contribution in [0.4, 0.5) is 0 Å². The van der Waals surface area contributed by atoms with E-state index in [2.05, 4.69) is 25.3 Å². The predicted octanol–water partition coefficient (Wildman–Crippen LogP) is 3.14. The zero-order valence-corrected chi connectivity index (χ0v) is 14.7. The molecule has 126 valence electrons. The molecule has 0 spiro atoms. The lowest BCUT2D eigenvalue weighted by atomic mass is 10.1. The Kier molecular flexibility index (Phi) is 6.57. The van der Waals surface area contributed by atoms with Gasteiger partial charge in [0.05, 0.1) is 7.11 Å². The second-order valence-corrected chi connectivity index (χ2v) is 5.61. The van der Waals surface area contributed by atoms with Gasteiger partial charge in [0.25, 0.3) is 0 Å². The van der Waals surface area contributed by atoms with Gasteiger partial charge in [-0.05, 0) is 30.0 Å². The molecule has 1 aromatic heterocycles. The summed E-state index contributed by atoms with van der Waals surface area (Å²) in [7, 11) is 1.54. The van der Waals surface area contributed by atoms with Crippen molar-refractivity contribution in [2.24, 2.45) is 0 Å². The molecule has 2 aromatic rings. The van der Waals surface area contributed by atoms with Crippen LogP contribution in [-0.2, 0) is 16.0 Å². The standard InChI is InChI=1S/C17H16O5S2/c1-20-14-6-2-11-3-7-16(19)22-17(11)13(14)5-4-12(24)10-21-15(18)8-9-23/h2-4,6-9,23-24H,5,10H2,1H3/b9-8+,12-4+. The van der Waals surface area contributed by atoms with Crippen LogP contribution < -0.4 is 10.4 Å². The number of fused-ring (bicyclic) bond motifs is 1. The lowest BCUT2D eigenvalue weighted by Gasteiger charge is -2.09. The molecule has 0 radical (unpaired) electrons. The molecular formula is C17H16O5S2. The van der Waals surface area contributed by atoms with E-state index in [9.17, 15) is 9.59 Å². The third kappa shape index (κ3) is 4.69. The van der Waals surface area contributed by atoms with Crippen LogP contribution in [0, 0.1) is 0 Å². The van der Waals surface area contributed by atoms with Gasteiger partial charge in [-0.25, -0.2) is 9.59 Å². The number of ether oxygens (including phenoxy) is 2. The molecule has 0 amide bonds. The number of thiol groups is 2. The summed E-state index contributed by atoms with van der Waals surface area (Å²) >= 11 is 8.08. The summed E-state index contributed by atoms with van der Waals surface area (Å²) in [6, 6.07) is 6.69. The number of benzene rings is 1. The number of hydrogen-bond acceptors (Lipinski definition) is 7. The van der Waals surface area contributed by atoms with E-state index in [0.29, 0.717) is 22.7 Å². The van der Waals surface area contributed by atoms with Gasteiger partial charge in [-0.3, -0.25) is 0 Å². The van der Waals surface area contributed by atoms with Crippen molar-refractivity contribution < 1.29 is 18.7 Å². The van der Waals surface area contributed by atoms with Crippen LogP contribution in [0.25, 0.3) is 11.0 Å². The van der Waals surface area contributed by atoms with E-state index in [1.165, 1.54) is 17.6 Å². The SMILES string of the molecule is COc1ccc2ccc(=O)oc2c1C/C=C(/S)COC(=O)/C=C/S. The van der Waals surface area contributed by atoms with E-state index >= 15 is 0 Å². The van der Waals surface area contributed by atoms with Crippen molar-refractivity contribution in [1.29, 1.82) is 0 Å². The first-order valence-electron chi connectivity index (χ1n) is 7.00. The van der Waals surface area contributed by atoms with Crippen molar-refractivity contribution in [3.63, 3.8) is 0 Å². The van der Waals surface area contributed by atoms with Crippen molar-refractivity contribution in [3.8, 4) is 5.75 Å². The van der Waals surface area contributed by atoms with Gasteiger partial charge in [-0.15, -0.1) is 12.6 Å². The number of carbonyl (C=O) groups excluding carboxylic acids is 1. The molecule has 1 aromatic carbocycles. The molecule has 1 heterocycles. The van der Waals surface area contributed by atoms with Crippen molar-refractivity contribution in [3.05, 3.63) is 62.7 Å². The highest BCUT2D eigenvalue weighted by atomic mass is 32.1. The summed E-state index contributed by atoms with van der Waals surface area (Å²) in [5.41, 5.74) is 0.759. The van der Waals surface area contributed by atoms with Crippen LogP contribution in [0.2, 0.25) is 0 Å². The van der Waals surface area contributed by atoms with Crippen molar-refractivity contribution in [2.45, 2.75) is 6.42 Å². The lowest BCUT2D eigenvalue weighted by Crippen LogP contribution is -2.03. The molecular weight excluding hydrogens is 348 g/mol. The predicted molar refractivity (Wildman–Crippen MR) is 98.9 cm³/mol. The Bertz CT molecular complexity index is 852. The molecule has 0 aliphatic rings. The van der Waals surface area contributed by atoms with Gasteiger partial charge in [-0.1, -0.05) is 6.08 Å². The molecule has 0 bridgehead atoms. The molecule has 0 aliphatic heterocycles. The Labute approximate surface area is 149 Å². The van der Waals surface area contributed by atoms with Gasteiger partial charge in [0.15, 0.2) is 0 Å². The molecule has 24 heavy (non-hydrogen) atoms. The Balaban J connectivity index is 2.25. The highest BCUT2D eigenvalue weighted by molar-refractivity contribution is 7.84. The Morgan fingerprint density at radius 3 is 2.75 bits per heavy atom. The number of hydrogen-bond donors (Lipinski definition) is 2. The van der Waals surface area contributed by atoms with Crippen LogP contribution >= 0.6 is 25.3 Å². The fraction of sp³-hybridized carbons (Fsp3) is 0.176. The van der Waals surface area contributed by atoms with Crippen molar-refractivity contribution in [1.82, 2.24) is 0 Å². The molecule has 0 unspecified atom stereocenters. The van der Waals surface area contributed by atoms with E-state index in [-0.39, 0.29) is 6.61 Å². The van der Waals surface area contributed by atoms with Crippen LogP contribution in [0.15, 0.2) is 55.9 Å². The average Bonchev–Trinajstić information content (AvgIpc) is 2.57. The van der Waals surface area contributed by atoms with Gasteiger partial charge in [-0.2, -0.15) is 12.6 Å². The minimum atomic E-state index is -0.501. The number of carbonyl (C=O) groups is 1. The molecule has 0 saturated heterocycles. The van der Waals surface area contributed by atoms with Gasteiger partial charge in [0, 0.05) is 28.0 Å². The Hall–Kier alpha value is -2.12. The minimum absolute atomic E-state index is 0.0388. The van der Waals surface area contributed by atoms with E-state index in [1.54, 1.807) is 25.3 Å². The average molecular weight is 364 g/mol. The van der Waals surface area contributed by atoms with E-state index in [4.69, 9.17) is 13.9 Å². The minimum Gasteiger partial charge on any atom is -0.496 e. The maximum absolute atomic E-state index is 11.5. The Morgan fingerprint density at radius 2 is 2.04 bits per heavy atom. The number of esters is 1. The lowest BCUT2D eigenvalue weighted by molar-refractivity contribution is -0.136. The molecule has 5 nitrogen and oxygen atoms in total. The van der Waals surface area contributed by atoms with Crippen molar-refractivity contribution >= 4 is 42.2 Å². The first-order chi connectivity index (χ1) is 11.5. The summed E-state index contributed by atoms with van der Waals surface area (Å²) in [4.78, 5) is 23.3. The van der Waals surface area contributed by atoms with Gasteiger partial charge in [0.1, 0.15) is 17.9 Å². The van der Waals surface area contributed by atoms with E-state index in [0.717, 1.165) is 10.9 Å². The first-order valence-corrected chi connectivity index (χ1v) is 7.96. The smallest absolute Gasteiger partial charge is 0.336 e. The highest BCUT2D eigenvalue weighted by Gasteiger charge is 2.10. The quantitative estimate of drug-likeness (QED) is 0.357. The van der Waals surface area contributed by atoms with E-state index < -0.39 is 11.6 Å². The monoisotopic (exact) mass is 364 g/mol. The third-order valence-electron chi connectivity index (χ3n) is 3.18. The third-order valence-corrected chi connectivity index (χ3v) is 3.65. The van der Waals surface area contributed by atoms with Crippen LogP contribution in [0.5, 0.6) is 5.75 Å². The summed E-state index contributed by atoms with van der Waals surface area (Å²) in [5, 5.41) is 2.09. The van der Waals surface area contributed by atoms with Gasteiger partial charge >= 0.3 is 11.6 Å². The zero-order valence-electron chi connectivity index (χ0n) is 12.9. The summed E-state index contributed by atoms with van der Waals surface area (Å²) in [6.45, 7) is 0.0388. The second kappa shape index (κ2) is 8.65. The normalized spacial score (nSPS) is 11.9. The molecule has 0 N–H and O–H groups in total. The number of rotatable bonds is 6. The molecule has 0 saturated carbocycles. The van der Waals surface area contributed by atoms with Crippen molar-refractivity contribution in [2.75, 3.05) is 13.7 Å². The van der Waals surface area contributed by atoms with E-state index in [1.807, 2.05) is 6.07 Å². The molecule has 0 atom stereocenters. The fourth-order valence-electron chi connectivity index (χ4n) is 2.09. The van der Waals surface area contributed by atoms with Crippen LogP contribution in [0.1, 0.15) is 5.56 Å². The summed E-state index contributed by atoms with van der Waals surface area (Å²) < 4.78 is 15.6. The molecule has 0 aliphatic carbocycles. The number of allylic oxidation sites excluding steroid dienone is 1. The van der Waals surface area contributed by atoms with Gasteiger partial charge < -0.3 is 13.9 Å². The second-order valence-electron chi connectivity index (χ2n) is 4.74. The maximum Gasteiger partial charge on any atom is 0.336 e. The Morgan fingerprint density at radius 1 is 1.29 bits per heavy atom. The highest BCUT2D eigenvalue weighted by Crippen LogP contribution is 2.28. The first kappa shape index (κ1) is 18.2. The summed E-state index contributed by atoms with van der Waals surface area (Å²) in [5.74, 6) is 0.0999. The zero-order chi connectivity index (χ0) is 17.5. The van der Waals surface area contributed by atoms with Crippen LogP contribution in [-0.4, -0.2) is 19.7 Å². The maximum atomic E-state index is 11.5. The van der Waals surface area contributed by atoms with Crippen LogP contribution in [0.3, 0.4) is 0 Å². The fourth-order valence-corrected chi connectivity index (χ4v) is 2.37. The molecule has 0 fully saturated rings. The summed E-state index contributed by atoms with van der Waals surface area (Å²) in [6.07, 6.45) is 3.38. The molecule has 2 rings (SSSR count). The largest absolute Gasteiger partial charge is 0.496 e. The number of methoxy groups -OCH3 is 1. The van der Waals surface area contributed by atoms with Gasteiger partial charge in [0.2, 0.25) is 0 Å². The topological polar surface area (TPSA) is 65.7 Å².